The number of amidine groups is 1. The molecule has 0 spiro atoms. The lowest BCUT2D eigenvalue weighted by Crippen LogP contribution is -2.63. The summed E-state index contributed by atoms with van der Waals surface area (Å²) >= 11 is 0. The van der Waals surface area contributed by atoms with Crippen LogP contribution in [0.2, 0.25) is 0 Å². The van der Waals surface area contributed by atoms with E-state index in [0.29, 0.717) is 0 Å². The number of nitrogens with one attached hydrogen (secondary N) is 2. The molecule has 0 saturated carbocycles. The summed E-state index contributed by atoms with van der Waals surface area (Å²) in [6.45, 7) is 1.73. The Kier molecular flexibility index (Phi) is 4.46. The van der Waals surface area contributed by atoms with Crippen LogP contribution in [0.1, 0.15) is 21.5 Å². The van der Waals surface area contributed by atoms with Gasteiger partial charge in [-0.3, -0.25) is 9.59 Å². The zero-order chi connectivity index (χ0) is 19.8. The average Bonchev–Trinajstić information content (AvgIpc) is 2.93. The van der Waals surface area contributed by atoms with Crippen LogP contribution >= 0.6 is 0 Å². The van der Waals surface area contributed by atoms with E-state index in [1.165, 1.54) is 6.07 Å². The molecule has 27 heavy (non-hydrogen) atoms. The summed E-state index contributed by atoms with van der Waals surface area (Å²) in [5.41, 5.74) is -2.70. The van der Waals surface area contributed by atoms with E-state index in [1.54, 1.807) is 30.4 Å². The Morgan fingerprint density at radius 3 is 2.41 bits per heavy atom. The fraction of sp³-hybridized carbons (Fsp3) is 0.167. The van der Waals surface area contributed by atoms with Gasteiger partial charge in [-0.2, -0.15) is 13.2 Å². The molecule has 0 bridgehead atoms. The van der Waals surface area contributed by atoms with Crippen molar-refractivity contribution in [3.05, 3.63) is 71.0 Å². The fourth-order valence-corrected chi connectivity index (χ4v) is 2.56. The predicted molar refractivity (Wildman–Crippen MR) is 88.5 cm³/mol. The zero-order valence-electron chi connectivity index (χ0n) is 13.9. The highest BCUT2D eigenvalue weighted by atomic mass is 19.4. The highest BCUT2D eigenvalue weighted by molar-refractivity contribution is 6.16. The van der Waals surface area contributed by atoms with Gasteiger partial charge in [0.1, 0.15) is 11.7 Å². The lowest BCUT2D eigenvalue weighted by molar-refractivity contribution is -0.192. The van der Waals surface area contributed by atoms with Crippen molar-refractivity contribution in [2.45, 2.75) is 18.8 Å². The second-order valence-electron chi connectivity index (χ2n) is 5.95. The van der Waals surface area contributed by atoms with E-state index in [4.69, 9.17) is 0 Å². The number of rotatable bonds is 3. The monoisotopic (exact) mass is 379 g/mol. The van der Waals surface area contributed by atoms with Crippen molar-refractivity contribution in [3.8, 4) is 0 Å². The summed E-state index contributed by atoms with van der Waals surface area (Å²) in [6, 6.07) is 10.2. The van der Waals surface area contributed by atoms with E-state index in [9.17, 15) is 27.2 Å². The number of carbonyl (C=O) groups is 2. The van der Waals surface area contributed by atoms with Gasteiger partial charge in [-0.1, -0.05) is 23.8 Å². The molecule has 2 aromatic carbocycles. The van der Waals surface area contributed by atoms with Crippen LogP contribution in [0.15, 0.2) is 53.5 Å². The molecule has 1 aliphatic heterocycles. The Morgan fingerprint density at radius 1 is 1.15 bits per heavy atom. The summed E-state index contributed by atoms with van der Waals surface area (Å²) in [7, 11) is 0. The molecule has 0 radical (unpaired) electrons. The number of alkyl halides is 3. The van der Waals surface area contributed by atoms with Crippen molar-refractivity contribution < 1.29 is 27.2 Å². The topological polar surface area (TPSA) is 70.6 Å². The van der Waals surface area contributed by atoms with Gasteiger partial charge in [0.15, 0.2) is 0 Å². The van der Waals surface area contributed by atoms with E-state index in [1.807, 2.05) is 0 Å². The maximum Gasteiger partial charge on any atom is 0.442 e. The quantitative estimate of drug-likeness (QED) is 0.805. The predicted octanol–water partition coefficient (Wildman–Crippen LogP) is 2.70. The van der Waals surface area contributed by atoms with E-state index in [-0.39, 0.29) is 17.0 Å². The molecule has 0 aliphatic carbocycles. The van der Waals surface area contributed by atoms with Gasteiger partial charge in [0.05, 0.1) is 0 Å². The largest absolute Gasteiger partial charge is 0.442 e. The highest BCUT2D eigenvalue weighted by Gasteiger charge is 2.65. The van der Waals surface area contributed by atoms with Crippen LogP contribution in [-0.2, 0) is 4.79 Å². The minimum Gasteiger partial charge on any atom is -0.312 e. The lowest BCUT2D eigenvalue weighted by Gasteiger charge is -2.27. The number of halogens is 4. The molecule has 2 aromatic rings. The molecule has 0 fully saturated rings. The van der Waals surface area contributed by atoms with Crippen molar-refractivity contribution in [1.29, 1.82) is 0 Å². The van der Waals surface area contributed by atoms with Gasteiger partial charge in [0, 0.05) is 11.1 Å². The fourth-order valence-electron chi connectivity index (χ4n) is 2.56. The molecule has 1 heterocycles. The number of hydrogen-bond acceptors (Lipinski definition) is 3. The number of benzene rings is 2. The molecule has 2 N–H and O–H groups in total. The number of nitrogens with zero attached hydrogens (tertiary/aromatic N) is 1. The third-order valence-corrected chi connectivity index (χ3v) is 3.94. The normalized spacial score (nSPS) is 19.4. The third kappa shape index (κ3) is 3.40. The number of carbonyl (C=O) groups excluding carboxylic acids is 2. The molecular weight excluding hydrogens is 366 g/mol. The Bertz CT molecular complexity index is 938. The Balaban J connectivity index is 2.01. The number of hydrogen-bond donors (Lipinski definition) is 2. The van der Waals surface area contributed by atoms with Gasteiger partial charge < -0.3 is 10.6 Å². The SMILES string of the molecule is Cc1cccc(C2=N[C@@](NC(=O)c3ccc(F)cc3)(C(F)(F)F)C(=O)N2)c1. The van der Waals surface area contributed by atoms with Crippen molar-refractivity contribution in [1.82, 2.24) is 10.6 Å². The van der Waals surface area contributed by atoms with E-state index >= 15 is 0 Å². The number of aryl methyl sites for hydroxylation is 1. The summed E-state index contributed by atoms with van der Waals surface area (Å²) in [5, 5.41) is 3.72. The summed E-state index contributed by atoms with van der Waals surface area (Å²) in [6.07, 6.45) is -5.20. The molecule has 2 amide bonds. The van der Waals surface area contributed by atoms with Crippen molar-refractivity contribution in [2.24, 2.45) is 4.99 Å². The minimum absolute atomic E-state index is 0.243. The van der Waals surface area contributed by atoms with Crippen LogP contribution in [0.25, 0.3) is 0 Å². The molecule has 0 unspecified atom stereocenters. The molecule has 5 nitrogen and oxygen atoms in total. The third-order valence-electron chi connectivity index (χ3n) is 3.94. The van der Waals surface area contributed by atoms with Crippen LogP contribution in [0.5, 0.6) is 0 Å². The molecule has 3 rings (SSSR count). The zero-order valence-corrected chi connectivity index (χ0v) is 13.9. The standard InChI is InChI=1S/C18H13F4N3O2/c1-10-3-2-4-12(9-10)14-23-16(27)17(24-14,18(20,21)22)25-15(26)11-5-7-13(19)8-6-11/h2-9H,1H3,(H,25,26)(H,23,24,27)/t17-/m0/s1. The maximum atomic E-state index is 13.7. The Labute approximate surface area is 151 Å². The van der Waals surface area contributed by atoms with Gasteiger partial charge >= 0.3 is 11.8 Å². The molecule has 0 saturated heterocycles. The van der Waals surface area contributed by atoms with Crippen molar-refractivity contribution in [3.63, 3.8) is 0 Å². The molecule has 1 aliphatic rings. The number of aliphatic imine (C=N–C) groups is 1. The van der Waals surface area contributed by atoms with Crippen LogP contribution in [-0.4, -0.2) is 29.5 Å². The van der Waals surface area contributed by atoms with Crippen LogP contribution in [0.3, 0.4) is 0 Å². The molecular formula is C18H13F4N3O2. The van der Waals surface area contributed by atoms with Crippen LogP contribution < -0.4 is 10.6 Å². The minimum atomic E-state index is -5.20. The van der Waals surface area contributed by atoms with Crippen molar-refractivity contribution >= 4 is 17.6 Å². The Hall–Kier alpha value is -3.23. The van der Waals surface area contributed by atoms with Crippen LogP contribution in [0.4, 0.5) is 17.6 Å². The molecule has 0 aromatic heterocycles. The second-order valence-corrected chi connectivity index (χ2v) is 5.95. The number of amides is 2. The van der Waals surface area contributed by atoms with E-state index in [0.717, 1.165) is 29.8 Å². The maximum absolute atomic E-state index is 13.7. The van der Waals surface area contributed by atoms with Gasteiger partial charge in [-0.15, -0.1) is 0 Å². The first-order valence-corrected chi connectivity index (χ1v) is 7.75. The smallest absolute Gasteiger partial charge is 0.312 e. The van der Waals surface area contributed by atoms with Crippen LogP contribution in [0, 0.1) is 12.7 Å². The molecule has 9 heteroatoms. The molecule has 1 atom stereocenters. The van der Waals surface area contributed by atoms with Gasteiger partial charge in [0.25, 0.3) is 11.8 Å². The van der Waals surface area contributed by atoms with Crippen molar-refractivity contribution in [2.75, 3.05) is 0 Å². The van der Waals surface area contributed by atoms with Gasteiger partial charge in [0.2, 0.25) is 0 Å². The first-order valence-electron chi connectivity index (χ1n) is 7.75. The van der Waals surface area contributed by atoms with Gasteiger partial charge in [-0.25, -0.2) is 9.38 Å². The second kappa shape index (κ2) is 6.49. The summed E-state index contributed by atoms with van der Waals surface area (Å²) in [5.74, 6) is -3.70. The molecule has 140 valence electrons. The average molecular weight is 379 g/mol. The van der Waals surface area contributed by atoms with E-state index < -0.39 is 29.5 Å². The Morgan fingerprint density at radius 2 is 1.81 bits per heavy atom. The highest BCUT2D eigenvalue weighted by Crippen LogP contribution is 2.35. The first kappa shape index (κ1) is 18.6. The summed E-state index contributed by atoms with van der Waals surface area (Å²) in [4.78, 5) is 27.9. The van der Waals surface area contributed by atoms with E-state index in [2.05, 4.69) is 10.3 Å². The first-order chi connectivity index (χ1) is 12.6. The summed E-state index contributed by atoms with van der Waals surface area (Å²) < 4.78 is 54.2. The van der Waals surface area contributed by atoms with Gasteiger partial charge in [-0.05, 0) is 37.3 Å². The lowest BCUT2D eigenvalue weighted by atomic mass is 10.1.